The van der Waals surface area contributed by atoms with E-state index in [1.54, 1.807) is 20.8 Å². The fraction of sp³-hybridized carbons (Fsp3) is 0.800. The molecule has 0 radical (unpaired) electrons. The van der Waals surface area contributed by atoms with E-state index in [1.165, 1.54) is 7.11 Å². The molecule has 1 saturated heterocycles. The number of piperidine rings is 1. The quantitative estimate of drug-likeness (QED) is 0.518. The summed E-state index contributed by atoms with van der Waals surface area (Å²) in [4.78, 5) is 49.2. The van der Waals surface area contributed by atoms with Crippen LogP contribution in [0.25, 0.3) is 0 Å². The maximum atomic E-state index is 12.8. The van der Waals surface area contributed by atoms with Gasteiger partial charge < -0.3 is 25.4 Å². The lowest BCUT2D eigenvalue weighted by Crippen LogP contribution is -2.54. The highest BCUT2D eigenvalue weighted by molar-refractivity contribution is 5.90. The van der Waals surface area contributed by atoms with Gasteiger partial charge in [0.2, 0.25) is 11.8 Å². The van der Waals surface area contributed by atoms with E-state index in [4.69, 9.17) is 9.47 Å². The van der Waals surface area contributed by atoms with Crippen molar-refractivity contribution in [2.24, 2.45) is 11.8 Å². The van der Waals surface area contributed by atoms with Gasteiger partial charge in [-0.25, -0.2) is 9.59 Å². The van der Waals surface area contributed by atoms with Crippen LogP contribution < -0.4 is 16.0 Å². The first kappa shape index (κ1) is 24.7. The summed E-state index contributed by atoms with van der Waals surface area (Å²) in [5, 5.41) is 7.99. The van der Waals surface area contributed by atoms with Crippen LogP contribution in [0.4, 0.5) is 4.79 Å². The molecule has 0 saturated carbocycles. The molecule has 0 aromatic rings. The first-order valence-corrected chi connectivity index (χ1v) is 10.1. The average Bonchev–Trinajstić information content (AvgIpc) is 2.59. The van der Waals surface area contributed by atoms with Crippen molar-refractivity contribution in [2.75, 3.05) is 13.7 Å². The van der Waals surface area contributed by atoms with Crippen molar-refractivity contribution in [3.8, 4) is 0 Å². The summed E-state index contributed by atoms with van der Waals surface area (Å²) in [6.45, 7) is 9.63. The van der Waals surface area contributed by atoms with E-state index in [2.05, 4.69) is 16.0 Å². The molecule has 0 aromatic carbocycles. The van der Waals surface area contributed by atoms with Gasteiger partial charge >= 0.3 is 12.1 Å². The lowest BCUT2D eigenvalue weighted by Gasteiger charge is -2.28. The number of amides is 3. The van der Waals surface area contributed by atoms with Crippen molar-refractivity contribution in [3.05, 3.63) is 0 Å². The minimum atomic E-state index is -0.976. The Balaban J connectivity index is 2.86. The molecular formula is C20H35N3O6. The van der Waals surface area contributed by atoms with E-state index in [1.807, 2.05) is 13.8 Å². The predicted octanol–water partition coefficient (Wildman–Crippen LogP) is 1.50. The molecular weight excluding hydrogens is 378 g/mol. The van der Waals surface area contributed by atoms with Crippen LogP contribution >= 0.6 is 0 Å². The molecule has 1 fully saturated rings. The van der Waals surface area contributed by atoms with Crippen molar-refractivity contribution in [3.63, 3.8) is 0 Å². The van der Waals surface area contributed by atoms with Crippen LogP contribution in [0.2, 0.25) is 0 Å². The molecule has 1 aliphatic rings. The third-order valence-electron chi connectivity index (χ3n) is 4.44. The highest BCUT2D eigenvalue weighted by atomic mass is 16.6. The number of carbonyl (C=O) groups is 4. The zero-order valence-corrected chi connectivity index (χ0v) is 18.3. The van der Waals surface area contributed by atoms with Crippen LogP contribution in [0, 0.1) is 11.8 Å². The fourth-order valence-electron chi connectivity index (χ4n) is 3.13. The molecule has 1 rings (SSSR count). The van der Waals surface area contributed by atoms with Gasteiger partial charge in [0.1, 0.15) is 17.7 Å². The summed E-state index contributed by atoms with van der Waals surface area (Å²) in [6.07, 6.45) is 1.25. The van der Waals surface area contributed by atoms with E-state index in [0.29, 0.717) is 19.4 Å². The van der Waals surface area contributed by atoms with Crippen LogP contribution in [0.15, 0.2) is 0 Å². The summed E-state index contributed by atoms with van der Waals surface area (Å²) < 4.78 is 10.0. The third-order valence-corrected chi connectivity index (χ3v) is 4.44. The second kappa shape index (κ2) is 11.0. The van der Waals surface area contributed by atoms with E-state index in [0.717, 1.165) is 6.42 Å². The largest absolute Gasteiger partial charge is 0.467 e. The lowest BCUT2D eigenvalue weighted by atomic mass is 9.91. The molecule has 9 heteroatoms. The van der Waals surface area contributed by atoms with Crippen LogP contribution in [-0.2, 0) is 23.9 Å². The first-order chi connectivity index (χ1) is 13.4. The van der Waals surface area contributed by atoms with E-state index < -0.39 is 35.7 Å². The lowest BCUT2D eigenvalue weighted by molar-refractivity contribution is -0.146. The Morgan fingerprint density at radius 3 is 2.34 bits per heavy atom. The third kappa shape index (κ3) is 9.15. The van der Waals surface area contributed by atoms with E-state index in [-0.39, 0.29) is 24.2 Å². The Morgan fingerprint density at radius 1 is 1.17 bits per heavy atom. The molecule has 29 heavy (non-hydrogen) atoms. The number of methoxy groups -OCH3 is 1. The molecule has 9 nitrogen and oxygen atoms in total. The Labute approximate surface area is 172 Å². The molecule has 0 aliphatic carbocycles. The number of ether oxygens (including phenoxy) is 2. The highest BCUT2D eigenvalue weighted by Gasteiger charge is 2.33. The number of hydrogen-bond donors (Lipinski definition) is 3. The summed E-state index contributed by atoms with van der Waals surface area (Å²) in [5.74, 6) is -1.55. The summed E-state index contributed by atoms with van der Waals surface area (Å²) in [6, 6.07) is -1.85. The first-order valence-electron chi connectivity index (χ1n) is 10.1. The van der Waals surface area contributed by atoms with Crippen molar-refractivity contribution < 1.29 is 28.7 Å². The van der Waals surface area contributed by atoms with Crippen LogP contribution in [-0.4, -0.2) is 55.2 Å². The maximum absolute atomic E-state index is 12.8. The van der Waals surface area contributed by atoms with Crippen molar-refractivity contribution >= 4 is 23.9 Å². The maximum Gasteiger partial charge on any atom is 0.408 e. The van der Waals surface area contributed by atoms with Crippen molar-refractivity contribution in [2.45, 2.75) is 78.0 Å². The average molecular weight is 414 g/mol. The number of alkyl carbamates (subject to hydrolysis) is 1. The topological polar surface area (TPSA) is 123 Å². The molecule has 3 atom stereocenters. The molecule has 0 unspecified atom stereocenters. The molecule has 0 bridgehead atoms. The van der Waals surface area contributed by atoms with Gasteiger partial charge in [0.05, 0.1) is 7.11 Å². The molecule has 1 aliphatic heterocycles. The van der Waals surface area contributed by atoms with E-state index >= 15 is 0 Å². The highest BCUT2D eigenvalue weighted by Crippen LogP contribution is 2.18. The molecule has 0 aromatic heterocycles. The zero-order chi connectivity index (χ0) is 22.2. The van der Waals surface area contributed by atoms with Crippen LogP contribution in [0.3, 0.4) is 0 Å². The number of hydrogen-bond acceptors (Lipinski definition) is 6. The number of rotatable bonds is 8. The summed E-state index contributed by atoms with van der Waals surface area (Å²) >= 11 is 0. The van der Waals surface area contributed by atoms with Crippen LogP contribution in [0.5, 0.6) is 0 Å². The predicted molar refractivity (Wildman–Crippen MR) is 107 cm³/mol. The summed E-state index contributed by atoms with van der Waals surface area (Å²) in [7, 11) is 1.23. The molecule has 3 amide bonds. The molecule has 1 heterocycles. The Morgan fingerprint density at radius 2 is 1.83 bits per heavy atom. The number of esters is 1. The Bertz CT molecular complexity index is 600. The SMILES string of the molecule is COC(=O)[C@H](C[C@@H]1CCCNC1=O)NC(=O)[C@H](CC(C)C)NC(=O)OC(C)(C)C. The van der Waals surface area contributed by atoms with Crippen molar-refractivity contribution in [1.29, 1.82) is 0 Å². The van der Waals surface area contributed by atoms with Gasteiger partial charge in [-0.05, 0) is 52.4 Å². The molecule has 166 valence electrons. The Kier molecular flexibility index (Phi) is 9.39. The summed E-state index contributed by atoms with van der Waals surface area (Å²) in [5.41, 5.74) is -0.703. The second-order valence-corrected chi connectivity index (χ2v) is 8.78. The van der Waals surface area contributed by atoms with E-state index in [9.17, 15) is 19.2 Å². The smallest absolute Gasteiger partial charge is 0.408 e. The van der Waals surface area contributed by atoms with Gasteiger partial charge in [0.25, 0.3) is 0 Å². The van der Waals surface area contributed by atoms with Crippen LogP contribution in [0.1, 0.15) is 60.3 Å². The van der Waals surface area contributed by atoms with Gasteiger partial charge in [-0.1, -0.05) is 13.8 Å². The van der Waals surface area contributed by atoms with Gasteiger partial charge in [0, 0.05) is 12.5 Å². The van der Waals surface area contributed by atoms with Crippen molar-refractivity contribution in [1.82, 2.24) is 16.0 Å². The fourth-order valence-corrected chi connectivity index (χ4v) is 3.13. The van der Waals surface area contributed by atoms with Gasteiger partial charge in [0.15, 0.2) is 0 Å². The number of carbonyl (C=O) groups excluding carboxylic acids is 4. The monoisotopic (exact) mass is 413 g/mol. The van der Waals surface area contributed by atoms with Gasteiger partial charge in [-0.15, -0.1) is 0 Å². The normalized spacial score (nSPS) is 19.0. The van der Waals surface area contributed by atoms with Gasteiger partial charge in [-0.3, -0.25) is 9.59 Å². The minimum Gasteiger partial charge on any atom is -0.467 e. The molecule has 0 spiro atoms. The Hall–Kier alpha value is -2.32. The molecule has 3 N–H and O–H groups in total. The second-order valence-electron chi connectivity index (χ2n) is 8.78. The van der Waals surface area contributed by atoms with Gasteiger partial charge in [-0.2, -0.15) is 0 Å². The standard InChI is InChI=1S/C20H35N3O6/c1-12(2)10-14(23-19(27)29-20(3,4)5)17(25)22-15(18(26)28-6)11-13-8-7-9-21-16(13)24/h12-15H,7-11H2,1-6H3,(H,21,24)(H,22,25)(H,23,27)/t13-,14-,15-/m0/s1. The minimum absolute atomic E-state index is 0.112. The number of nitrogens with one attached hydrogen (secondary N) is 3. The zero-order valence-electron chi connectivity index (χ0n) is 18.3.